The van der Waals surface area contributed by atoms with Gasteiger partial charge >= 0.3 is 6.09 Å². The molecule has 1 fully saturated rings. The summed E-state index contributed by atoms with van der Waals surface area (Å²) in [7, 11) is 2.05. The molecule has 0 unspecified atom stereocenters. The molecular weight excluding hydrogens is 156 g/mol. The molecule has 1 rings (SSSR count). The van der Waals surface area contributed by atoms with Gasteiger partial charge in [0.25, 0.3) is 0 Å². The van der Waals surface area contributed by atoms with Crippen molar-refractivity contribution in [1.29, 1.82) is 0 Å². The molecule has 0 bridgehead atoms. The van der Waals surface area contributed by atoms with Gasteiger partial charge in [0.15, 0.2) is 0 Å². The average molecular weight is 172 g/mol. The maximum atomic E-state index is 10.6. The molecule has 0 aliphatic carbocycles. The molecule has 1 saturated heterocycles. The Morgan fingerprint density at radius 1 is 1.58 bits per heavy atom. The van der Waals surface area contributed by atoms with Crippen LogP contribution in [0.4, 0.5) is 4.79 Å². The van der Waals surface area contributed by atoms with Crippen molar-refractivity contribution in [3.8, 4) is 0 Å². The molecule has 1 atom stereocenters. The fourth-order valence-corrected chi connectivity index (χ4v) is 1.56. The molecule has 0 spiro atoms. The number of carbonyl (C=O) groups is 1. The Labute approximate surface area is 72.8 Å². The predicted molar refractivity (Wildman–Crippen MR) is 46.3 cm³/mol. The Kier molecular flexibility index (Phi) is 2.92. The summed E-state index contributed by atoms with van der Waals surface area (Å²) in [6.07, 6.45) is 0.224. The highest BCUT2D eigenvalue weighted by Gasteiger charge is 2.25. The van der Waals surface area contributed by atoms with Gasteiger partial charge in [-0.05, 0) is 13.5 Å². The zero-order chi connectivity index (χ0) is 9.14. The van der Waals surface area contributed by atoms with E-state index in [0.29, 0.717) is 19.1 Å². The first kappa shape index (κ1) is 9.32. The van der Waals surface area contributed by atoms with Gasteiger partial charge in [0, 0.05) is 25.7 Å². The number of nitrogens with zero attached hydrogens (tertiary/aromatic N) is 2. The fourth-order valence-electron chi connectivity index (χ4n) is 1.56. The van der Waals surface area contributed by atoms with Crippen LogP contribution >= 0.6 is 0 Å². The maximum Gasteiger partial charge on any atom is 0.407 e. The Morgan fingerprint density at radius 3 is 2.75 bits per heavy atom. The van der Waals surface area contributed by atoms with E-state index in [4.69, 9.17) is 5.11 Å². The lowest BCUT2D eigenvalue weighted by atomic mass is 10.1. The molecule has 1 N–H and O–H groups in total. The normalized spacial score (nSPS) is 25.8. The van der Waals surface area contributed by atoms with E-state index in [-0.39, 0.29) is 0 Å². The van der Waals surface area contributed by atoms with Crippen molar-refractivity contribution in [2.75, 3.05) is 26.7 Å². The van der Waals surface area contributed by atoms with Gasteiger partial charge in [-0.2, -0.15) is 0 Å². The standard InChI is InChI=1S/C8H16N2O2/c1-3-7-6-10(8(11)12)5-4-9(7)2/h7H,3-6H2,1-2H3,(H,11,12)/t7-/m0/s1. The molecule has 4 heteroatoms. The van der Waals surface area contributed by atoms with E-state index in [1.807, 2.05) is 7.05 Å². The Bertz CT molecular complexity index is 172. The van der Waals surface area contributed by atoms with Crippen LogP contribution in [-0.4, -0.2) is 53.7 Å². The molecule has 1 heterocycles. The van der Waals surface area contributed by atoms with E-state index in [2.05, 4.69) is 11.8 Å². The van der Waals surface area contributed by atoms with E-state index in [9.17, 15) is 4.79 Å². The van der Waals surface area contributed by atoms with Gasteiger partial charge in [-0.3, -0.25) is 4.90 Å². The van der Waals surface area contributed by atoms with Gasteiger partial charge in [-0.1, -0.05) is 6.92 Å². The number of hydrogen-bond donors (Lipinski definition) is 1. The van der Waals surface area contributed by atoms with Crippen LogP contribution in [-0.2, 0) is 0 Å². The van der Waals surface area contributed by atoms with Crippen molar-refractivity contribution in [2.45, 2.75) is 19.4 Å². The third-order valence-corrected chi connectivity index (χ3v) is 2.52. The zero-order valence-corrected chi connectivity index (χ0v) is 7.66. The lowest BCUT2D eigenvalue weighted by molar-refractivity contribution is 0.0819. The lowest BCUT2D eigenvalue weighted by Crippen LogP contribution is -2.52. The minimum absolute atomic E-state index is 0.398. The van der Waals surface area contributed by atoms with Crippen molar-refractivity contribution < 1.29 is 9.90 Å². The summed E-state index contributed by atoms with van der Waals surface area (Å²) in [5.41, 5.74) is 0. The van der Waals surface area contributed by atoms with Crippen LogP contribution in [0, 0.1) is 0 Å². The molecule has 0 aromatic carbocycles. The summed E-state index contributed by atoms with van der Waals surface area (Å²) < 4.78 is 0. The molecule has 12 heavy (non-hydrogen) atoms. The number of piperazine rings is 1. The molecule has 1 aliphatic rings. The minimum Gasteiger partial charge on any atom is -0.465 e. The Hall–Kier alpha value is -0.770. The largest absolute Gasteiger partial charge is 0.465 e. The van der Waals surface area contributed by atoms with Gasteiger partial charge in [0.2, 0.25) is 0 Å². The highest BCUT2D eigenvalue weighted by atomic mass is 16.4. The Morgan fingerprint density at radius 2 is 2.25 bits per heavy atom. The van der Waals surface area contributed by atoms with Crippen LogP contribution in [0.1, 0.15) is 13.3 Å². The monoisotopic (exact) mass is 172 g/mol. The first-order valence-electron chi connectivity index (χ1n) is 4.33. The summed E-state index contributed by atoms with van der Waals surface area (Å²) in [4.78, 5) is 14.3. The maximum absolute atomic E-state index is 10.6. The average Bonchev–Trinajstić information content (AvgIpc) is 2.05. The second-order valence-electron chi connectivity index (χ2n) is 3.27. The van der Waals surface area contributed by atoms with Crippen molar-refractivity contribution in [3.05, 3.63) is 0 Å². The van der Waals surface area contributed by atoms with Crippen molar-refractivity contribution in [2.24, 2.45) is 0 Å². The summed E-state index contributed by atoms with van der Waals surface area (Å²) in [6.45, 7) is 4.24. The summed E-state index contributed by atoms with van der Waals surface area (Å²) in [6, 6.07) is 0.398. The van der Waals surface area contributed by atoms with E-state index in [0.717, 1.165) is 13.0 Å². The number of likely N-dealkylation sites (N-methyl/N-ethyl adjacent to an activating group) is 1. The highest BCUT2D eigenvalue weighted by molar-refractivity contribution is 5.65. The molecular formula is C8H16N2O2. The van der Waals surface area contributed by atoms with Crippen LogP contribution in [0.5, 0.6) is 0 Å². The van der Waals surface area contributed by atoms with E-state index in [1.54, 1.807) is 0 Å². The first-order valence-corrected chi connectivity index (χ1v) is 4.33. The predicted octanol–water partition coefficient (Wildman–Crippen LogP) is 0.690. The van der Waals surface area contributed by atoms with Crippen LogP contribution in [0.25, 0.3) is 0 Å². The zero-order valence-electron chi connectivity index (χ0n) is 7.66. The first-order chi connectivity index (χ1) is 5.65. The second kappa shape index (κ2) is 3.76. The number of hydrogen-bond acceptors (Lipinski definition) is 2. The lowest BCUT2D eigenvalue weighted by Gasteiger charge is -2.37. The quantitative estimate of drug-likeness (QED) is 0.633. The molecule has 1 amide bonds. The number of rotatable bonds is 1. The van der Waals surface area contributed by atoms with E-state index in [1.165, 1.54) is 4.90 Å². The molecule has 0 aromatic heterocycles. The molecule has 4 nitrogen and oxygen atoms in total. The van der Waals surface area contributed by atoms with Crippen molar-refractivity contribution in [3.63, 3.8) is 0 Å². The van der Waals surface area contributed by atoms with Gasteiger partial charge in [-0.25, -0.2) is 4.79 Å². The van der Waals surface area contributed by atoms with Crippen molar-refractivity contribution >= 4 is 6.09 Å². The summed E-state index contributed by atoms with van der Waals surface area (Å²) in [5.74, 6) is 0. The van der Waals surface area contributed by atoms with E-state index < -0.39 is 6.09 Å². The van der Waals surface area contributed by atoms with Crippen LogP contribution in [0.2, 0.25) is 0 Å². The van der Waals surface area contributed by atoms with Gasteiger partial charge in [-0.15, -0.1) is 0 Å². The molecule has 0 aromatic rings. The Balaban J connectivity index is 2.49. The molecule has 1 aliphatic heterocycles. The third kappa shape index (κ3) is 1.88. The highest BCUT2D eigenvalue weighted by Crippen LogP contribution is 2.10. The molecule has 0 saturated carbocycles. The topological polar surface area (TPSA) is 43.8 Å². The van der Waals surface area contributed by atoms with Crippen LogP contribution in [0.3, 0.4) is 0 Å². The summed E-state index contributed by atoms with van der Waals surface area (Å²) in [5, 5.41) is 8.75. The van der Waals surface area contributed by atoms with Gasteiger partial charge < -0.3 is 10.0 Å². The second-order valence-corrected chi connectivity index (χ2v) is 3.27. The summed E-state index contributed by atoms with van der Waals surface area (Å²) >= 11 is 0. The fraction of sp³-hybridized carbons (Fsp3) is 0.875. The minimum atomic E-state index is -0.790. The van der Waals surface area contributed by atoms with Gasteiger partial charge in [0.1, 0.15) is 0 Å². The third-order valence-electron chi connectivity index (χ3n) is 2.52. The van der Waals surface area contributed by atoms with Crippen LogP contribution < -0.4 is 0 Å². The van der Waals surface area contributed by atoms with Crippen molar-refractivity contribution in [1.82, 2.24) is 9.80 Å². The van der Waals surface area contributed by atoms with Gasteiger partial charge in [0.05, 0.1) is 0 Å². The van der Waals surface area contributed by atoms with E-state index >= 15 is 0 Å². The SMILES string of the molecule is CC[C@H]1CN(C(=O)O)CCN1C. The number of carboxylic acid groups (broad SMARTS) is 1. The molecule has 0 radical (unpaired) electrons. The smallest absolute Gasteiger partial charge is 0.407 e. The molecule has 70 valence electrons. The van der Waals surface area contributed by atoms with Crippen LogP contribution in [0.15, 0.2) is 0 Å². The number of amides is 1.